The Hall–Kier alpha value is -2.56. The topological polar surface area (TPSA) is 87.1 Å². The molecule has 0 saturated heterocycles. The highest BCUT2D eigenvalue weighted by molar-refractivity contribution is 7.98. The monoisotopic (exact) mass is 506 g/mol. The minimum absolute atomic E-state index is 0.0400. The number of para-hydroxylation sites is 1. The van der Waals surface area contributed by atoms with Gasteiger partial charge in [-0.15, -0.1) is 11.8 Å². The Bertz CT molecular complexity index is 1210. The lowest BCUT2D eigenvalue weighted by Gasteiger charge is -2.44. The van der Waals surface area contributed by atoms with Gasteiger partial charge in [0.15, 0.2) is 0 Å². The van der Waals surface area contributed by atoms with Crippen LogP contribution in [0, 0.1) is 0 Å². The third-order valence-corrected chi connectivity index (χ3v) is 9.39. The summed E-state index contributed by atoms with van der Waals surface area (Å²) in [5.41, 5.74) is 0.818. The van der Waals surface area contributed by atoms with Gasteiger partial charge in [-0.2, -0.15) is 8.70 Å². The average molecular weight is 507 g/mol. The smallest absolute Gasteiger partial charge is 0.368 e. The van der Waals surface area contributed by atoms with Crippen molar-refractivity contribution < 1.29 is 27.4 Å². The molecule has 4 rings (SSSR count). The van der Waals surface area contributed by atoms with Crippen molar-refractivity contribution in [3.63, 3.8) is 0 Å². The highest BCUT2D eigenvalue weighted by Crippen LogP contribution is 2.48. The number of thioether (sulfide) groups is 1. The van der Waals surface area contributed by atoms with Crippen LogP contribution < -0.4 is 9.64 Å². The zero-order valence-corrected chi connectivity index (χ0v) is 20.7. The van der Waals surface area contributed by atoms with Gasteiger partial charge in [-0.05, 0) is 37.3 Å². The molecule has 1 saturated carbocycles. The van der Waals surface area contributed by atoms with Crippen LogP contribution in [0.4, 0.5) is 15.8 Å². The molecule has 1 spiro atoms. The molecular weight excluding hydrogens is 479 g/mol. The van der Waals surface area contributed by atoms with Gasteiger partial charge in [0, 0.05) is 25.3 Å². The van der Waals surface area contributed by atoms with Crippen molar-refractivity contribution in [3.8, 4) is 5.75 Å². The maximum Gasteiger partial charge on any atom is 0.368 e. The van der Waals surface area contributed by atoms with Gasteiger partial charge in [-0.1, -0.05) is 37.5 Å². The molecular formula is C24H27FN2O5S2. The van der Waals surface area contributed by atoms with E-state index in [2.05, 4.69) is 0 Å². The van der Waals surface area contributed by atoms with Gasteiger partial charge in [0.1, 0.15) is 16.9 Å². The fourth-order valence-electron chi connectivity index (χ4n) is 4.77. The number of halogens is 1. The number of ether oxygens (including phenoxy) is 1. The Kier molecular flexibility index (Phi) is 6.93. The molecule has 1 fully saturated rings. The second-order valence-electron chi connectivity index (χ2n) is 8.54. The summed E-state index contributed by atoms with van der Waals surface area (Å²) in [6, 6.07) is 12.7. The molecule has 182 valence electrons. The van der Waals surface area contributed by atoms with E-state index in [1.54, 1.807) is 19.4 Å². The van der Waals surface area contributed by atoms with E-state index >= 15 is 0 Å². The van der Waals surface area contributed by atoms with E-state index in [4.69, 9.17) is 9.84 Å². The maximum atomic E-state index is 13.9. The van der Waals surface area contributed by atoms with Crippen LogP contribution in [0.1, 0.15) is 32.1 Å². The summed E-state index contributed by atoms with van der Waals surface area (Å²) in [5, 5.41) is 8.80. The highest BCUT2D eigenvalue weighted by Gasteiger charge is 2.48. The first-order valence-electron chi connectivity index (χ1n) is 11.0. The first-order chi connectivity index (χ1) is 16.2. The third-order valence-electron chi connectivity index (χ3n) is 6.64. The van der Waals surface area contributed by atoms with Crippen molar-refractivity contribution in [1.29, 1.82) is 0 Å². The molecule has 1 aliphatic carbocycles. The summed E-state index contributed by atoms with van der Waals surface area (Å²) in [6.07, 6.45) is 6.75. The van der Waals surface area contributed by atoms with Gasteiger partial charge in [0.25, 0.3) is 0 Å². The number of benzene rings is 2. The number of hydrogen-bond donors (Lipinski definition) is 1. The van der Waals surface area contributed by atoms with Crippen molar-refractivity contribution in [2.24, 2.45) is 0 Å². The lowest BCUT2D eigenvalue weighted by Crippen LogP contribution is -2.54. The molecule has 2 aromatic rings. The Morgan fingerprint density at radius 3 is 2.47 bits per heavy atom. The minimum Gasteiger partial charge on any atom is -0.476 e. The molecule has 0 atom stereocenters. The van der Waals surface area contributed by atoms with Crippen LogP contribution in [-0.4, -0.2) is 49.2 Å². The molecule has 10 heteroatoms. The van der Waals surface area contributed by atoms with Crippen LogP contribution >= 0.6 is 11.8 Å². The van der Waals surface area contributed by atoms with E-state index in [1.807, 2.05) is 35.2 Å². The maximum absolute atomic E-state index is 13.9. The lowest BCUT2D eigenvalue weighted by molar-refractivity contribution is -0.134. The summed E-state index contributed by atoms with van der Waals surface area (Å²) in [7, 11) is -2.31. The lowest BCUT2D eigenvalue weighted by atomic mass is 9.81. The Labute approximate surface area is 203 Å². The number of likely N-dealkylation sites (N-methyl/N-ethyl adjacent to an activating group) is 1. The van der Waals surface area contributed by atoms with Gasteiger partial charge < -0.3 is 14.7 Å². The summed E-state index contributed by atoms with van der Waals surface area (Å²) in [4.78, 5) is 13.5. The predicted molar refractivity (Wildman–Crippen MR) is 130 cm³/mol. The van der Waals surface area contributed by atoms with Crippen molar-refractivity contribution in [2.45, 2.75) is 47.4 Å². The second kappa shape index (κ2) is 9.59. The number of sulfonamides is 1. The molecule has 1 aliphatic heterocycles. The van der Waals surface area contributed by atoms with E-state index in [9.17, 15) is 17.6 Å². The minimum atomic E-state index is -3.94. The molecule has 0 radical (unpaired) electrons. The van der Waals surface area contributed by atoms with Crippen molar-refractivity contribution >= 4 is 39.1 Å². The number of carbonyl (C=O) groups is 1. The molecule has 0 amide bonds. The second-order valence-corrected chi connectivity index (χ2v) is 11.3. The summed E-state index contributed by atoms with van der Waals surface area (Å²) < 4.78 is 48.3. The summed E-state index contributed by atoms with van der Waals surface area (Å²) in [6.45, 7) is 0.501. The number of nitrogens with zero attached hydrogens (tertiary/aromatic N) is 2. The number of rotatable bonds is 5. The molecule has 7 nitrogen and oxygen atoms in total. The SMILES string of the molecule is CSc1cc2c(cc1O/C=C(\F)C(=O)O)S(=O)(=O)N(C)C1(CCCCC1)CN2c1ccccc1. The van der Waals surface area contributed by atoms with E-state index in [-0.39, 0.29) is 10.6 Å². The molecule has 1 N–H and O–H groups in total. The molecule has 34 heavy (non-hydrogen) atoms. The summed E-state index contributed by atoms with van der Waals surface area (Å²) >= 11 is 1.30. The zero-order valence-electron chi connectivity index (χ0n) is 19.0. The van der Waals surface area contributed by atoms with Crippen LogP contribution in [0.25, 0.3) is 0 Å². The molecule has 2 aliphatic rings. The fourth-order valence-corrected chi connectivity index (χ4v) is 7.04. The molecule has 0 bridgehead atoms. The van der Waals surface area contributed by atoms with E-state index in [0.717, 1.165) is 37.8 Å². The fraction of sp³-hybridized carbons (Fsp3) is 0.375. The Morgan fingerprint density at radius 1 is 1.18 bits per heavy atom. The number of fused-ring (bicyclic) bond motifs is 1. The molecule has 2 aromatic carbocycles. The number of aliphatic carboxylic acids is 1. The zero-order chi connectivity index (χ0) is 24.5. The van der Waals surface area contributed by atoms with Crippen LogP contribution in [0.2, 0.25) is 0 Å². The normalized spacial score (nSPS) is 20.0. The van der Waals surface area contributed by atoms with Gasteiger partial charge in [0.05, 0.1) is 16.1 Å². The highest BCUT2D eigenvalue weighted by atomic mass is 32.2. The van der Waals surface area contributed by atoms with Gasteiger partial charge in [-0.3, -0.25) is 0 Å². The largest absolute Gasteiger partial charge is 0.476 e. The predicted octanol–water partition coefficient (Wildman–Crippen LogP) is 5.16. The van der Waals surface area contributed by atoms with Crippen LogP contribution in [0.15, 0.2) is 64.3 Å². The number of carboxylic acids is 1. The van der Waals surface area contributed by atoms with E-state index in [1.165, 1.54) is 22.1 Å². The van der Waals surface area contributed by atoms with Crippen molar-refractivity contribution in [1.82, 2.24) is 4.31 Å². The van der Waals surface area contributed by atoms with Crippen LogP contribution in [0.5, 0.6) is 5.75 Å². The van der Waals surface area contributed by atoms with Gasteiger partial charge in [-0.25, -0.2) is 13.2 Å². The Morgan fingerprint density at radius 2 is 1.85 bits per heavy atom. The Balaban J connectivity index is 1.94. The van der Waals surface area contributed by atoms with Crippen molar-refractivity contribution in [2.75, 3.05) is 24.7 Å². The first-order valence-corrected chi connectivity index (χ1v) is 13.7. The number of anilines is 2. The van der Waals surface area contributed by atoms with Gasteiger partial charge >= 0.3 is 5.97 Å². The van der Waals surface area contributed by atoms with Gasteiger partial charge in [0.2, 0.25) is 15.9 Å². The average Bonchev–Trinajstić information content (AvgIpc) is 2.91. The molecule has 1 heterocycles. The number of hydrogen-bond acceptors (Lipinski definition) is 6. The van der Waals surface area contributed by atoms with Crippen LogP contribution in [-0.2, 0) is 14.8 Å². The first kappa shape index (κ1) is 24.6. The number of carboxylic acid groups (broad SMARTS) is 1. The van der Waals surface area contributed by atoms with E-state index in [0.29, 0.717) is 23.4 Å². The van der Waals surface area contributed by atoms with E-state index < -0.39 is 27.4 Å². The molecule has 0 unspecified atom stereocenters. The molecule has 0 aromatic heterocycles. The van der Waals surface area contributed by atoms with Crippen molar-refractivity contribution in [3.05, 3.63) is 54.6 Å². The third kappa shape index (κ3) is 4.42. The standard InChI is InChI=1S/C24H27FN2O5S2/c1-26-24(11-7-4-8-12-24)16-27(17-9-5-3-6-10-17)19-13-21(33-2)20(14-22(19)34(26,30)31)32-15-18(25)23(28)29/h3,5-6,9-10,13-15H,4,7-8,11-12,16H2,1-2H3,(H,28,29)/b18-15-. The quantitative estimate of drug-likeness (QED) is 0.341. The summed E-state index contributed by atoms with van der Waals surface area (Å²) in [5.74, 6) is -3.16. The van der Waals surface area contributed by atoms with Crippen LogP contribution in [0.3, 0.4) is 0 Å².